The summed E-state index contributed by atoms with van der Waals surface area (Å²) in [7, 11) is 0. The third-order valence-electron chi connectivity index (χ3n) is 3.90. The molecule has 20 heavy (non-hydrogen) atoms. The average molecular weight is 295 g/mol. The molecule has 0 saturated carbocycles. The van der Waals surface area contributed by atoms with E-state index in [2.05, 4.69) is 36.1 Å². The zero-order chi connectivity index (χ0) is 14.5. The Morgan fingerprint density at radius 2 is 2.25 bits per heavy atom. The lowest BCUT2D eigenvalue weighted by atomic mass is 9.82. The Bertz CT molecular complexity index is 470. The van der Waals surface area contributed by atoms with Gasteiger partial charge in [-0.25, -0.2) is 0 Å². The van der Waals surface area contributed by atoms with E-state index >= 15 is 0 Å². The molecular weight excluding hydrogens is 270 g/mol. The molecule has 0 unspecified atom stereocenters. The summed E-state index contributed by atoms with van der Waals surface area (Å²) in [6, 6.07) is 0. The number of aromatic nitrogens is 2. The number of aryl methyl sites for hydroxylation is 1. The largest absolute Gasteiger partial charge is 0.411 e. The summed E-state index contributed by atoms with van der Waals surface area (Å²) in [5.41, 5.74) is 4.12. The van der Waals surface area contributed by atoms with Gasteiger partial charge in [-0.3, -0.25) is 5.10 Å². The Balaban J connectivity index is 2.14. The van der Waals surface area contributed by atoms with E-state index in [1.54, 1.807) is 0 Å². The second-order valence-electron chi connectivity index (χ2n) is 5.60. The number of thioether (sulfide) groups is 1. The van der Waals surface area contributed by atoms with E-state index in [-0.39, 0.29) is 0 Å². The van der Waals surface area contributed by atoms with E-state index in [1.165, 1.54) is 6.42 Å². The highest BCUT2D eigenvalue weighted by atomic mass is 32.2. The van der Waals surface area contributed by atoms with E-state index in [1.807, 2.05) is 11.8 Å². The molecule has 1 aromatic heterocycles. The highest BCUT2D eigenvalue weighted by molar-refractivity contribution is 7.99. The Morgan fingerprint density at radius 1 is 1.45 bits per heavy atom. The fourth-order valence-electron chi connectivity index (χ4n) is 3.14. The lowest BCUT2D eigenvalue weighted by Crippen LogP contribution is -2.23. The number of rotatable bonds is 6. The van der Waals surface area contributed by atoms with Crippen molar-refractivity contribution in [2.75, 3.05) is 5.75 Å². The van der Waals surface area contributed by atoms with E-state index in [0.717, 1.165) is 54.1 Å². The lowest BCUT2D eigenvalue weighted by Gasteiger charge is -2.25. The quantitative estimate of drug-likeness (QED) is 0.622. The summed E-state index contributed by atoms with van der Waals surface area (Å²) in [4.78, 5) is 0. The van der Waals surface area contributed by atoms with E-state index in [0.29, 0.717) is 11.2 Å². The maximum atomic E-state index is 9.35. The predicted octanol–water partition coefficient (Wildman–Crippen LogP) is 3.63. The van der Waals surface area contributed by atoms with Crippen molar-refractivity contribution < 1.29 is 5.21 Å². The van der Waals surface area contributed by atoms with Crippen LogP contribution in [0.15, 0.2) is 5.16 Å². The van der Waals surface area contributed by atoms with Crippen molar-refractivity contribution >= 4 is 17.5 Å². The van der Waals surface area contributed by atoms with Gasteiger partial charge in [0, 0.05) is 16.5 Å². The molecule has 0 bridgehead atoms. The molecular formula is C15H25N3OS. The van der Waals surface area contributed by atoms with Crippen molar-refractivity contribution in [3.05, 3.63) is 17.0 Å². The van der Waals surface area contributed by atoms with Gasteiger partial charge in [0.2, 0.25) is 0 Å². The predicted molar refractivity (Wildman–Crippen MR) is 84.9 cm³/mol. The van der Waals surface area contributed by atoms with Crippen molar-refractivity contribution in [1.82, 2.24) is 10.2 Å². The number of nitrogens with one attached hydrogen (secondary N) is 1. The van der Waals surface area contributed by atoms with Crippen LogP contribution in [0.4, 0.5) is 0 Å². The Labute approximate surface area is 125 Å². The van der Waals surface area contributed by atoms with Crippen LogP contribution in [-0.4, -0.2) is 32.1 Å². The minimum absolute atomic E-state index is 0.553. The van der Waals surface area contributed by atoms with Crippen molar-refractivity contribution in [3.63, 3.8) is 0 Å². The lowest BCUT2D eigenvalue weighted by molar-refractivity contribution is 0.314. The number of fused-ring (bicyclic) bond motifs is 1. The van der Waals surface area contributed by atoms with Crippen LogP contribution in [0.5, 0.6) is 0 Å². The number of oxime groups is 1. The zero-order valence-electron chi connectivity index (χ0n) is 12.6. The van der Waals surface area contributed by atoms with Crippen LogP contribution in [0, 0.1) is 5.92 Å². The fourth-order valence-corrected chi connectivity index (χ4v) is 4.12. The van der Waals surface area contributed by atoms with Gasteiger partial charge in [-0.2, -0.15) is 16.9 Å². The van der Waals surface area contributed by atoms with Gasteiger partial charge in [0.05, 0.1) is 11.4 Å². The number of aromatic amines is 1. The van der Waals surface area contributed by atoms with Crippen LogP contribution in [0.1, 0.15) is 57.0 Å². The van der Waals surface area contributed by atoms with Crippen LogP contribution in [0.25, 0.3) is 0 Å². The van der Waals surface area contributed by atoms with E-state index < -0.39 is 0 Å². The molecule has 0 aliphatic heterocycles. The molecule has 0 saturated heterocycles. The SMILES string of the molecule is CCCc1n[nH]c2c1/C(=N/O)C[C@H](C[C@@H](C)SCC)C2. The molecule has 1 aliphatic rings. The van der Waals surface area contributed by atoms with Gasteiger partial charge in [-0.05, 0) is 37.4 Å². The highest BCUT2D eigenvalue weighted by Crippen LogP contribution is 2.32. The summed E-state index contributed by atoms with van der Waals surface area (Å²) in [6.45, 7) is 6.63. The molecule has 1 aliphatic carbocycles. The molecule has 0 spiro atoms. The number of H-pyrrole nitrogens is 1. The van der Waals surface area contributed by atoms with Gasteiger partial charge in [-0.1, -0.05) is 32.3 Å². The molecule has 0 amide bonds. The summed E-state index contributed by atoms with van der Waals surface area (Å²) in [6.07, 6.45) is 5.06. The summed E-state index contributed by atoms with van der Waals surface area (Å²) in [5, 5.41) is 21.1. The van der Waals surface area contributed by atoms with Gasteiger partial charge >= 0.3 is 0 Å². The zero-order valence-corrected chi connectivity index (χ0v) is 13.5. The third-order valence-corrected chi connectivity index (χ3v) is 5.00. The van der Waals surface area contributed by atoms with Crippen molar-refractivity contribution in [3.8, 4) is 0 Å². The van der Waals surface area contributed by atoms with Gasteiger partial charge in [-0.15, -0.1) is 0 Å². The molecule has 5 heteroatoms. The molecule has 112 valence electrons. The Morgan fingerprint density at radius 3 is 2.90 bits per heavy atom. The number of hydrogen-bond acceptors (Lipinski definition) is 4. The number of hydrogen-bond donors (Lipinski definition) is 2. The highest BCUT2D eigenvalue weighted by Gasteiger charge is 2.29. The fraction of sp³-hybridized carbons (Fsp3) is 0.733. The Hall–Kier alpha value is -0.970. The van der Waals surface area contributed by atoms with Crippen LogP contribution >= 0.6 is 11.8 Å². The second-order valence-corrected chi connectivity index (χ2v) is 7.31. The van der Waals surface area contributed by atoms with Crippen molar-refractivity contribution in [2.45, 2.75) is 58.1 Å². The van der Waals surface area contributed by atoms with Crippen LogP contribution in [0.2, 0.25) is 0 Å². The molecule has 2 atom stereocenters. The normalized spacial score (nSPS) is 21.9. The van der Waals surface area contributed by atoms with Gasteiger partial charge in [0.25, 0.3) is 0 Å². The first-order valence-electron chi connectivity index (χ1n) is 7.58. The average Bonchev–Trinajstić information content (AvgIpc) is 2.82. The van der Waals surface area contributed by atoms with Gasteiger partial charge in [0.15, 0.2) is 0 Å². The van der Waals surface area contributed by atoms with Crippen LogP contribution in [-0.2, 0) is 12.8 Å². The standard InChI is InChI=1S/C15H25N3OS/c1-4-6-12-15-13(17-16-12)8-11(9-14(15)18-19)7-10(3)20-5-2/h10-11,19H,4-9H2,1-3H3,(H,16,17)/b18-14+/t10-,11-/m1/s1. The topological polar surface area (TPSA) is 61.3 Å². The first kappa shape index (κ1) is 15.4. The summed E-state index contributed by atoms with van der Waals surface area (Å²) >= 11 is 2.00. The van der Waals surface area contributed by atoms with Gasteiger partial charge < -0.3 is 5.21 Å². The Kier molecular flexibility index (Phi) is 5.52. The van der Waals surface area contributed by atoms with Gasteiger partial charge in [0.1, 0.15) is 0 Å². The molecule has 1 aromatic rings. The molecule has 2 rings (SSSR count). The summed E-state index contributed by atoms with van der Waals surface area (Å²) < 4.78 is 0. The smallest absolute Gasteiger partial charge is 0.0907 e. The van der Waals surface area contributed by atoms with Crippen molar-refractivity contribution in [1.29, 1.82) is 0 Å². The maximum Gasteiger partial charge on any atom is 0.0907 e. The first-order chi connectivity index (χ1) is 9.69. The molecule has 0 aromatic carbocycles. The number of nitrogens with zero attached hydrogens (tertiary/aromatic N) is 2. The van der Waals surface area contributed by atoms with Crippen LogP contribution < -0.4 is 0 Å². The van der Waals surface area contributed by atoms with Crippen molar-refractivity contribution in [2.24, 2.45) is 11.1 Å². The molecule has 2 N–H and O–H groups in total. The van der Waals surface area contributed by atoms with Crippen LogP contribution in [0.3, 0.4) is 0 Å². The first-order valence-corrected chi connectivity index (χ1v) is 8.63. The van der Waals surface area contributed by atoms with E-state index in [9.17, 15) is 5.21 Å². The summed E-state index contributed by atoms with van der Waals surface area (Å²) in [5.74, 6) is 1.71. The monoisotopic (exact) mass is 295 g/mol. The van der Waals surface area contributed by atoms with E-state index in [4.69, 9.17) is 0 Å². The minimum Gasteiger partial charge on any atom is -0.411 e. The molecule has 1 heterocycles. The third kappa shape index (κ3) is 3.37. The minimum atomic E-state index is 0.553. The molecule has 0 fully saturated rings. The second kappa shape index (κ2) is 7.16. The molecule has 0 radical (unpaired) electrons. The molecule has 4 nitrogen and oxygen atoms in total. The maximum absolute atomic E-state index is 9.35.